The Kier molecular flexibility index (Phi) is 4.81. The van der Waals surface area contributed by atoms with Crippen molar-refractivity contribution in [2.24, 2.45) is 5.41 Å². The number of carbonyl (C=O) groups excluding carboxylic acids is 1. The molecule has 9 nitrogen and oxygen atoms in total. The number of anilines is 4. The second-order valence-electron chi connectivity index (χ2n) is 9.53. The largest absolute Gasteiger partial charge is 0.503 e. The van der Waals surface area contributed by atoms with Crippen molar-refractivity contribution in [3.63, 3.8) is 0 Å². The van der Waals surface area contributed by atoms with Crippen LogP contribution in [0.25, 0.3) is 0 Å². The lowest BCUT2D eigenvalue weighted by Gasteiger charge is -2.38. The number of carbonyl (C=O) groups is 1. The summed E-state index contributed by atoms with van der Waals surface area (Å²) in [5, 5.41) is 16.9. The molecule has 0 spiro atoms. The monoisotopic (exact) mass is 450 g/mol. The maximum absolute atomic E-state index is 12.5. The summed E-state index contributed by atoms with van der Waals surface area (Å²) in [6, 6.07) is 3.22. The first-order valence-electron chi connectivity index (χ1n) is 11.1. The molecule has 1 amide bonds. The second kappa shape index (κ2) is 7.47. The highest BCUT2D eigenvalue weighted by Crippen LogP contribution is 2.47. The van der Waals surface area contributed by atoms with E-state index in [1.54, 1.807) is 0 Å². The van der Waals surface area contributed by atoms with Crippen molar-refractivity contribution in [2.45, 2.75) is 52.5 Å². The minimum Gasteiger partial charge on any atom is -0.503 e. The molecular weight excluding hydrogens is 424 g/mol. The van der Waals surface area contributed by atoms with Crippen LogP contribution in [0.3, 0.4) is 0 Å². The summed E-state index contributed by atoms with van der Waals surface area (Å²) in [5.74, 6) is 1.37. The van der Waals surface area contributed by atoms with Crippen LogP contribution in [0.1, 0.15) is 56.2 Å². The van der Waals surface area contributed by atoms with Crippen molar-refractivity contribution in [2.75, 3.05) is 22.1 Å². The zero-order chi connectivity index (χ0) is 23.5. The fourth-order valence-electron chi connectivity index (χ4n) is 4.78. The highest BCUT2D eigenvalue weighted by molar-refractivity contribution is 5.97. The van der Waals surface area contributed by atoms with Gasteiger partial charge in [0.25, 0.3) is 10.9 Å². The number of nitrogens with zero attached hydrogens (tertiary/aromatic N) is 2. The molecule has 2 aromatic heterocycles. The van der Waals surface area contributed by atoms with Gasteiger partial charge in [0.2, 0.25) is 5.91 Å². The Morgan fingerprint density at radius 1 is 1.18 bits per heavy atom. The average molecular weight is 450 g/mol. The number of hydrogen-bond donors (Lipinski definition) is 3. The quantitative estimate of drug-likeness (QED) is 0.506. The lowest BCUT2D eigenvalue weighted by Crippen LogP contribution is -2.41. The van der Waals surface area contributed by atoms with Gasteiger partial charge in [-0.2, -0.15) is 0 Å². The average Bonchev–Trinajstić information content (AvgIpc) is 3.37. The molecule has 0 radical (unpaired) electrons. The molecule has 3 heterocycles. The predicted molar refractivity (Wildman–Crippen MR) is 124 cm³/mol. The van der Waals surface area contributed by atoms with Crippen molar-refractivity contribution >= 4 is 28.8 Å². The van der Waals surface area contributed by atoms with Crippen molar-refractivity contribution in [1.29, 1.82) is 0 Å². The molecule has 1 saturated heterocycles. The van der Waals surface area contributed by atoms with E-state index >= 15 is 0 Å². The SMILES string of the molecule is Cc1cc2c(o1)C(Nc1c(Nc3ccnc(N4CCCC4=O)c3O)c(=O)c1=O)C(C)(C)CC2. The van der Waals surface area contributed by atoms with Crippen molar-refractivity contribution < 1.29 is 14.3 Å². The van der Waals surface area contributed by atoms with Crippen LogP contribution in [-0.4, -0.2) is 22.5 Å². The zero-order valence-electron chi connectivity index (χ0n) is 18.8. The van der Waals surface area contributed by atoms with Gasteiger partial charge < -0.3 is 20.2 Å². The summed E-state index contributed by atoms with van der Waals surface area (Å²) in [6.07, 6.45) is 4.32. The first kappa shape index (κ1) is 21.2. The van der Waals surface area contributed by atoms with Crippen LogP contribution < -0.4 is 26.4 Å². The zero-order valence-corrected chi connectivity index (χ0v) is 18.8. The fraction of sp³-hybridized carbons (Fsp3) is 0.417. The van der Waals surface area contributed by atoms with E-state index in [1.807, 2.05) is 13.0 Å². The summed E-state index contributed by atoms with van der Waals surface area (Å²) >= 11 is 0. The van der Waals surface area contributed by atoms with Gasteiger partial charge in [0.15, 0.2) is 11.6 Å². The van der Waals surface area contributed by atoms with Crippen LogP contribution in [0.2, 0.25) is 0 Å². The third-order valence-corrected chi connectivity index (χ3v) is 6.74. The fourth-order valence-corrected chi connectivity index (χ4v) is 4.78. The van der Waals surface area contributed by atoms with Crippen LogP contribution in [0.15, 0.2) is 32.3 Å². The van der Waals surface area contributed by atoms with Gasteiger partial charge in [-0.15, -0.1) is 0 Å². The molecular formula is C24H26N4O5. The normalized spacial score (nSPS) is 19.7. The topological polar surface area (TPSA) is 125 Å². The summed E-state index contributed by atoms with van der Waals surface area (Å²) in [4.78, 5) is 42.6. The van der Waals surface area contributed by atoms with Crippen LogP contribution in [0.4, 0.5) is 22.9 Å². The lowest BCUT2D eigenvalue weighted by atomic mass is 9.73. The van der Waals surface area contributed by atoms with E-state index in [0.29, 0.717) is 19.4 Å². The van der Waals surface area contributed by atoms with Gasteiger partial charge in [-0.1, -0.05) is 13.8 Å². The van der Waals surface area contributed by atoms with E-state index in [4.69, 9.17) is 4.42 Å². The van der Waals surface area contributed by atoms with E-state index in [9.17, 15) is 19.5 Å². The summed E-state index contributed by atoms with van der Waals surface area (Å²) in [5.41, 5.74) is 0.0400. The molecule has 3 N–H and O–H groups in total. The number of fused-ring (bicyclic) bond motifs is 1. The van der Waals surface area contributed by atoms with Gasteiger partial charge in [-0.3, -0.25) is 19.3 Å². The third kappa shape index (κ3) is 3.39. The Morgan fingerprint density at radius 2 is 1.94 bits per heavy atom. The van der Waals surface area contributed by atoms with E-state index < -0.39 is 10.9 Å². The predicted octanol–water partition coefficient (Wildman–Crippen LogP) is 3.28. The first-order chi connectivity index (χ1) is 15.7. The molecule has 9 heteroatoms. The molecule has 5 rings (SSSR count). The molecule has 2 aliphatic rings. The van der Waals surface area contributed by atoms with Crippen molar-refractivity contribution in [3.8, 4) is 5.75 Å². The molecule has 0 saturated carbocycles. The molecule has 0 bridgehead atoms. The molecule has 1 aromatic carbocycles. The number of amides is 1. The number of hydrogen-bond acceptors (Lipinski definition) is 8. The molecule has 1 aliphatic heterocycles. The summed E-state index contributed by atoms with van der Waals surface area (Å²) < 4.78 is 5.95. The Bertz CT molecular complexity index is 1330. The standard InChI is InChI=1S/C24H26N4O5/c1-12-11-13-6-8-24(2,3)22(21(13)33-12)27-17-16(19(31)20(17)32)26-14-7-9-25-23(18(14)30)28-10-4-5-15(28)29/h7,9,11,22,27,30H,4-6,8,10H2,1-3H3,(H,25,26). The van der Waals surface area contributed by atoms with Crippen LogP contribution in [0.5, 0.6) is 5.75 Å². The molecule has 33 heavy (non-hydrogen) atoms. The number of aryl methyl sites for hydroxylation is 2. The maximum atomic E-state index is 12.5. The Hall–Kier alpha value is -3.62. The maximum Gasteiger partial charge on any atom is 0.253 e. The van der Waals surface area contributed by atoms with E-state index in [1.165, 1.54) is 17.2 Å². The van der Waals surface area contributed by atoms with Crippen LogP contribution in [0, 0.1) is 12.3 Å². The second-order valence-corrected chi connectivity index (χ2v) is 9.53. The Labute approximate surface area is 190 Å². The number of aromatic hydroxyl groups is 1. The smallest absolute Gasteiger partial charge is 0.253 e. The van der Waals surface area contributed by atoms with E-state index in [0.717, 1.165) is 29.9 Å². The minimum atomic E-state index is -0.669. The number of furan rings is 1. The molecule has 3 aromatic rings. The molecule has 1 fully saturated rings. The first-order valence-corrected chi connectivity index (χ1v) is 11.1. The van der Waals surface area contributed by atoms with Crippen molar-refractivity contribution in [3.05, 3.63) is 55.9 Å². The third-order valence-electron chi connectivity index (χ3n) is 6.74. The molecule has 1 unspecified atom stereocenters. The van der Waals surface area contributed by atoms with Gasteiger partial charge in [-0.05, 0) is 49.3 Å². The van der Waals surface area contributed by atoms with Gasteiger partial charge in [0, 0.05) is 19.2 Å². The van der Waals surface area contributed by atoms with Crippen molar-refractivity contribution in [1.82, 2.24) is 4.98 Å². The van der Waals surface area contributed by atoms with Gasteiger partial charge in [0.1, 0.15) is 22.9 Å². The molecule has 1 aliphatic carbocycles. The van der Waals surface area contributed by atoms with Gasteiger partial charge in [-0.25, -0.2) is 4.98 Å². The molecule has 172 valence electrons. The van der Waals surface area contributed by atoms with E-state index in [2.05, 4.69) is 29.5 Å². The lowest BCUT2D eigenvalue weighted by molar-refractivity contribution is -0.117. The Morgan fingerprint density at radius 3 is 2.67 bits per heavy atom. The van der Waals surface area contributed by atoms with E-state index in [-0.39, 0.29) is 46.0 Å². The highest BCUT2D eigenvalue weighted by Gasteiger charge is 2.40. The van der Waals surface area contributed by atoms with Crippen LogP contribution in [-0.2, 0) is 11.2 Å². The molecule has 1 atom stereocenters. The number of aromatic nitrogens is 1. The van der Waals surface area contributed by atoms with Gasteiger partial charge >= 0.3 is 0 Å². The number of nitrogens with one attached hydrogen (secondary N) is 2. The Balaban J connectivity index is 1.47. The van der Waals surface area contributed by atoms with Gasteiger partial charge in [0.05, 0.1) is 11.7 Å². The summed E-state index contributed by atoms with van der Waals surface area (Å²) in [6.45, 7) is 6.55. The minimum absolute atomic E-state index is 0.0754. The number of rotatable bonds is 5. The summed E-state index contributed by atoms with van der Waals surface area (Å²) in [7, 11) is 0. The highest BCUT2D eigenvalue weighted by atomic mass is 16.3. The number of pyridine rings is 1. The van der Waals surface area contributed by atoms with Crippen LogP contribution >= 0.6 is 0 Å².